The van der Waals surface area contributed by atoms with Crippen LogP contribution in [0.2, 0.25) is 0 Å². The van der Waals surface area contributed by atoms with Crippen LogP contribution in [0.5, 0.6) is 0 Å². The highest BCUT2D eigenvalue weighted by Gasteiger charge is 2.21. The van der Waals surface area contributed by atoms with E-state index < -0.39 is 0 Å². The van der Waals surface area contributed by atoms with Crippen molar-refractivity contribution in [3.63, 3.8) is 0 Å². The Morgan fingerprint density at radius 2 is 1.84 bits per heavy atom. The molecule has 0 bridgehead atoms. The van der Waals surface area contributed by atoms with E-state index in [9.17, 15) is 9.59 Å². The number of para-hydroxylation sites is 1. The molecule has 0 atom stereocenters. The number of rotatable bonds is 2. The van der Waals surface area contributed by atoms with Gasteiger partial charge in [-0.1, -0.05) is 60.4 Å². The van der Waals surface area contributed by atoms with Gasteiger partial charge in [-0.05, 0) is 40.8 Å². The minimum Gasteiger partial charge on any atom is -0.321 e. The molecule has 0 spiro atoms. The number of carbonyl (C=O) groups excluding carboxylic acids is 1. The van der Waals surface area contributed by atoms with E-state index in [1.165, 1.54) is 11.8 Å². The lowest BCUT2D eigenvalue weighted by Gasteiger charge is -2.05. The molecule has 0 unspecified atom stereocenters. The average Bonchev–Trinajstić information content (AvgIpc) is 2.91. The molecule has 4 nitrogen and oxygen atoms in total. The number of hydrogen-bond acceptors (Lipinski definition) is 4. The van der Waals surface area contributed by atoms with Crippen LogP contribution in [0.3, 0.4) is 0 Å². The number of nitrogens with one attached hydrogen (secondary N) is 2. The normalized spacial score (nSPS) is 15.8. The predicted octanol–water partition coefficient (Wildman–Crippen LogP) is 3.68. The molecule has 1 aliphatic heterocycles. The van der Waals surface area contributed by atoms with Crippen molar-refractivity contribution in [3.05, 3.63) is 75.4 Å². The number of benzene rings is 2. The fraction of sp³-hybridized carbons (Fsp3) is 0. The molecule has 1 saturated heterocycles. The molecule has 6 heteroatoms. The van der Waals surface area contributed by atoms with Crippen LogP contribution in [0, 0.1) is 0 Å². The van der Waals surface area contributed by atoms with E-state index in [1.807, 2.05) is 54.6 Å². The molecule has 2 heterocycles. The molecule has 2 N–H and O–H groups in total. The Kier molecular flexibility index (Phi) is 3.99. The summed E-state index contributed by atoms with van der Waals surface area (Å²) in [4.78, 5) is 27.7. The van der Waals surface area contributed by atoms with E-state index >= 15 is 0 Å². The van der Waals surface area contributed by atoms with Gasteiger partial charge < -0.3 is 10.3 Å². The summed E-state index contributed by atoms with van der Waals surface area (Å²) in [7, 11) is 0. The molecule has 0 radical (unpaired) electrons. The molecule has 1 amide bonds. The number of aromatic amines is 1. The van der Waals surface area contributed by atoms with E-state index in [-0.39, 0.29) is 11.5 Å². The highest BCUT2D eigenvalue weighted by molar-refractivity contribution is 8.26. The lowest BCUT2D eigenvalue weighted by Crippen LogP contribution is -2.17. The first-order chi connectivity index (χ1) is 12.1. The summed E-state index contributed by atoms with van der Waals surface area (Å²) in [5, 5.41) is 3.56. The maximum atomic E-state index is 12.4. The van der Waals surface area contributed by atoms with Gasteiger partial charge in [-0.15, -0.1) is 0 Å². The van der Waals surface area contributed by atoms with Crippen molar-refractivity contribution in [1.29, 1.82) is 0 Å². The molecule has 1 fully saturated rings. The number of aromatic nitrogens is 1. The van der Waals surface area contributed by atoms with Crippen LogP contribution in [-0.2, 0) is 4.79 Å². The van der Waals surface area contributed by atoms with Gasteiger partial charge in [0.2, 0.25) is 0 Å². The van der Waals surface area contributed by atoms with Gasteiger partial charge >= 0.3 is 0 Å². The van der Waals surface area contributed by atoms with Crippen molar-refractivity contribution in [2.75, 3.05) is 0 Å². The number of H-pyrrole nitrogens is 1. The Bertz CT molecular complexity index is 1120. The lowest BCUT2D eigenvalue weighted by atomic mass is 10.0. The minimum atomic E-state index is -0.191. The first-order valence-corrected chi connectivity index (χ1v) is 8.80. The van der Waals surface area contributed by atoms with Gasteiger partial charge in [0.15, 0.2) is 0 Å². The van der Waals surface area contributed by atoms with Crippen LogP contribution in [-0.4, -0.2) is 15.2 Å². The molecular weight excluding hydrogens is 352 g/mol. The summed E-state index contributed by atoms with van der Waals surface area (Å²) in [5.74, 6) is -0.191. The highest BCUT2D eigenvalue weighted by Crippen LogP contribution is 2.27. The van der Waals surface area contributed by atoms with E-state index in [2.05, 4.69) is 10.3 Å². The Labute approximate surface area is 153 Å². The summed E-state index contributed by atoms with van der Waals surface area (Å²) in [6.07, 6.45) is 1.78. The fourth-order valence-electron chi connectivity index (χ4n) is 2.73. The van der Waals surface area contributed by atoms with Crippen molar-refractivity contribution >= 4 is 51.2 Å². The van der Waals surface area contributed by atoms with Crippen molar-refractivity contribution in [2.24, 2.45) is 0 Å². The Balaban J connectivity index is 1.79. The van der Waals surface area contributed by atoms with E-state index in [0.717, 1.165) is 22.0 Å². The molecule has 122 valence electrons. The third kappa shape index (κ3) is 3.14. The Hall–Kier alpha value is -2.70. The van der Waals surface area contributed by atoms with Crippen molar-refractivity contribution in [1.82, 2.24) is 10.3 Å². The third-order valence-electron chi connectivity index (χ3n) is 3.89. The number of carbonyl (C=O) groups is 1. The van der Waals surface area contributed by atoms with Crippen LogP contribution in [0.1, 0.15) is 5.56 Å². The monoisotopic (exact) mass is 364 g/mol. The van der Waals surface area contributed by atoms with Gasteiger partial charge in [0.25, 0.3) is 11.5 Å². The molecule has 1 aliphatic rings. The van der Waals surface area contributed by atoms with Crippen LogP contribution in [0.25, 0.3) is 28.1 Å². The summed E-state index contributed by atoms with van der Waals surface area (Å²) >= 11 is 6.24. The third-order valence-corrected chi connectivity index (χ3v) is 5.05. The number of pyridine rings is 1. The number of thiocarbonyl (C=S) groups is 1. The summed E-state index contributed by atoms with van der Waals surface area (Å²) in [5.41, 5.74) is 2.90. The zero-order valence-corrected chi connectivity index (χ0v) is 14.5. The van der Waals surface area contributed by atoms with Gasteiger partial charge in [-0.3, -0.25) is 9.59 Å². The van der Waals surface area contributed by atoms with Crippen molar-refractivity contribution in [2.45, 2.75) is 0 Å². The molecule has 0 saturated carbocycles. The highest BCUT2D eigenvalue weighted by atomic mass is 32.2. The number of amides is 1. The largest absolute Gasteiger partial charge is 0.321 e. The van der Waals surface area contributed by atoms with E-state index in [4.69, 9.17) is 12.2 Å². The fourth-order valence-corrected chi connectivity index (χ4v) is 3.77. The second kappa shape index (κ2) is 6.31. The quantitative estimate of drug-likeness (QED) is 0.538. The molecule has 25 heavy (non-hydrogen) atoms. The smallest absolute Gasteiger partial charge is 0.263 e. The SMILES string of the molecule is O=C1NC(=S)SC1=Cc1cccc(-c2cc3ccccc3[nH]c2=O)c1. The van der Waals surface area contributed by atoms with Gasteiger partial charge in [-0.2, -0.15) is 0 Å². The van der Waals surface area contributed by atoms with Gasteiger partial charge in [0.1, 0.15) is 4.32 Å². The molecule has 2 aromatic carbocycles. The minimum absolute atomic E-state index is 0.141. The van der Waals surface area contributed by atoms with Crippen LogP contribution in [0.15, 0.2) is 64.3 Å². The summed E-state index contributed by atoms with van der Waals surface area (Å²) in [6.45, 7) is 0. The predicted molar refractivity (Wildman–Crippen MR) is 106 cm³/mol. The average molecular weight is 364 g/mol. The van der Waals surface area contributed by atoms with Crippen molar-refractivity contribution in [3.8, 4) is 11.1 Å². The number of thioether (sulfide) groups is 1. The van der Waals surface area contributed by atoms with E-state index in [1.54, 1.807) is 6.08 Å². The molecular formula is C19H12N2O2S2. The number of hydrogen-bond donors (Lipinski definition) is 2. The second-order valence-electron chi connectivity index (χ2n) is 5.58. The maximum Gasteiger partial charge on any atom is 0.263 e. The van der Waals surface area contributed by atoms with E-state index in [0.29, 0.717) is 14.8 Å². The standard InChI is InChI=1S/C19H12N2O2S2/c22-17-14(10-13-5-1-2-7-15(13)20-17)12-6-3-4-11(8-12)9-16-18(23)21-19(24)25-16/h1-10H,(H,20,22)(H,21,23,24). The van der Waals surface area contributed by atoms with Crippen LogP contribution < -0.4 is 10.9 Å². The zero-order chi connectivity index (χ0) is 17.4. The molecule has 0 aliphatic carbocycles. The van der Waals surface area contributed by atoms with Crippen molar-refractivity contribution < 1.29 is 4.79 Å². The summed E-state index contributed by atoms with van der Waals surface area (Å²) in [6, 6.07) is 17.1. The Morgan fingerprint density at radius 3 is 2.64 bits per heavy atom. The van der Waals surface area contributed by atoms with Gasteiger partial charge in [0.05, 0.1) is 4.91 Å². The van der Waals surface area contributed by atoms with Gasteiger partial charge in [0, 0.05) is 11.1 Å². The molecule has 1 aromatic heterocycles. The van der Waals surface area contributed by atoms with Gasteiger partial charge in [-0.25, -0.2) is 0 Å². The first kappa shape index (κ1) is 15.8. The lowest BCUT2D eigenvalue weighted by molar-refractivity contribution is -0.115. The topological polar surface area (TPSA) is 62.0 Å². The number of fused-ring (bicyclic) bond motifs is 1. The molecule has 3 aromatic rings. The first-order valence-electron chi connectivity index (χ1n) is 7.57. The second-order valence-corrected chi connectivity index (χ2v) is 7.30. The summed E-state index contributed by atoms with van der Waals surface area (Å²) < 4.78 is 0.457. The zero-order valence-electron chi connectivity index (χ0n) is 12.9. The van der Waals surface area contributed by atoms with Crippen LogP contribution in [0.4, 0.5) is 0 Å². The maximum absolute atomic E-state index is 12.4. The molecule has 4 rings (SSSR count). The Morgan fingerprint density at radius 1 is 1.00 bits per heavy atom. The van der Waals surface area contributed by atoms with Crippen LogP contribution >= 0.6 is 24.0 Å².